The van der Waals surface area contributed by atoms with Gasteiger partial charge < -0.3 is 0 Å². The summed E-state index contributed by atoms with van der Waals surface area (Å²) in [6.07, 6.45) is 7.98. The Bertz CT molecular complexity index is 220. The monoisotopic (exact) mass is 181 g/mol. The van der Waals surface area contributed by atoms with E-state index in [0.717, 1.165) is 18.4 Å². The molecule has 0 atom stereocenters. The van der Waals surface area contributed by atoms with E-state index >= 15 is 0 Å². The van der Waals surface area contributed by atoms with Crippen molar-refractivity contribution in [2.75, 3.05) is 6.26 Å². The molecule has 0 radical (unpaired) electrons. The van der Waals surface area contributed by atoms with Gasteiger partial charge in [-0.05, 0) is 30.1 Å². The number of hydrogen-bond acceptors (Lipinski definition) is 2. The lowest BCUT2D eigenvalue weighted by atomic mass is 10.1. The molecule has 1 aliphatic carbocycles. The minimum atomic E-state index is 0.901. The maximum atomic E-state index is 8.50. The molecule has 0 saturated heterocycles. The first-order valence-corrected chi connectivity index (χ1v) is 5.43. The molecule has 0 N–H and O–H groups in total. The Kier molecular flexibility index (Phi) is 6.60. The highest BCUT2D eigenvalue weighted by molar-refractivity contribution is 8.02. The number of allylic oxidation sites excluding steroid dienone is 4. The standard InChI is InChI=1S/C8H9NS.C2H6/c1-10-8-4-2-7(6-9)3-5-8;1-2/h2,4H,3,5H2,1H3;1-2H3. The fraction of sp³-hybridized carbons (Fsp3) is 0.500. The van der Waals surface area contributed by atoms with Crippen LogP contribution in [-0.2, 0) is 0 Å². The number of thioether (sulfide) groups is 1. The summed E-state index contributed by atoms with van der Waals surface area (Å²) in [5.74, 6) is 0. The summed E-state index contributed by atoms with van der Waals surface area (Å²) in [4.78, 5) is 1.37. The molecular formula is C10H15NS. The van der Waals surface area contributed by atoms with Crippen molar-refractivity contribution in [2.24, 2.45) is 0 Å². The maximum absolute atomic E-state index is 8.50. The molecule has 2 heteroatoms. The van der Waals surface area contributed by atoms with Gasteiger partial charge in [-0.2, -0.15) is 5.26 Å². The molecule has 0 heterocycles. The third-order valence-corrected chi connectivity index (χ3v) is 2.38. The average Bonchev–Trinajstić information content (AvgIpc) is 2.21. The van der Waals surface area contributed by atoms with E-state index in [-0.39, 0.29) is 0 Å². The summed E-state index contributed by atoms with van der Waals surface area (Å²) in [5.41, 5.74) is 0.901. The Hall–Kier alpha value is -0.680. The zero-order valence-corrected chi connectivity index (χ0v) is 8.74. The molecule has 0 unspecified atom stereocenters. The Morgan fingerprint density at radius 1 is 1.33 bits per heavy atom. The smallest absolute Gasteiger partial charge is 0.0947 e. The number of rotatable bonds is 1. The topological polar surface area (TPSA) is 23.8 Å². The van der Waals surface area contributed by atoms with E-state index in [4.69, 9.17) is 5.26 Å². The Labute approximate surface area is 79.2 Å². The van der Waals surface area contributed by atoms with E-state index in [1.165, 1.54) is 4.91 Å². The molecule has 0 amide bonds. The number of nitriles is 1. The molecule has 0 aromatic heterocycles. The summed E-state index contributed by atoms with van der Waals surface area (Å²) in [7, 11) is 0. The van der Waals surface area contributed by atoms with Gasteiger partial charge in [0.1, 0.15) is 0 Å². The van der Waals surface area contributed by atoms with Crippen molar-refractivity contribution >= 4 is 11.8 Å². The van der Waals surface area contributed by atoms with Crippen molar-refractivity contribution in [1.82, 2.24) is 0 Å². The largest absolute Gasteiger partial charge is 0.193 e. The highest BCUT2D eigenvalue weighted by Crippen LogP contribution is 2.24. The minimum absolute atomic E-state index is 0.901. The Balaban J connectivity index is 0.000000561. The van der Waals surface area contributed by atoms with E-state index in [9.17, 15) is 0 Å². The fourth-order valence-corrected chi connectivity index (χ4v) is 1.39. The summed E-state index contributed by atoms with van der Waals surface area (Å²) >= 11 is 1.77. The van der Waals surface area contributed by atoms with Crippen molar-refractivity contribution in [3.05, 3.63) is 22.6 Å². The lowest BCUT2D eigenvalue weighted by Gasteiger charge is -2.06. The predicted molar refractivity (Wildman–Crippen MR) is 55.9 cm³/mol. The van der Waals surface area contributed by atoms with Crippen molar-refractivity contribution in [3.63, 3.8) is 0 Å². The first-order chi connectivity index (χ1) is 5.86. The van der Waals surface area contributed by atoms with Gasteiger partial charge in [0.05, 0.1) is 6.07 Å². The molecule has 0 aromatic carbocycles. The predicted octanol–water partition coefficient (Wildman–Crippen LogP) is 3.50. The first kappa shape index (κ1) is 11.3. The summed E-state index contributed by atoms with van der Waals surface area (Å²) < 4.78 is 0. The molecule has 12 heavy (non-hydrogen) atoms. The van der Waals surface area contributed by atoms with E-state index in [1.807, 2.05) is 26.0 Å². The Morgan fingerprint density at radius 3 is 2.33 bits per heavy atom. The normalized spacial score (nSPS) is 14.8. The third-order valence-electron chi connectivity index (χ3n) is 1.52. The van der Waals surface area contributed by atoms with Crippen LogP contribution in [0, 0.1) is 11.3 Å². The van der Waals surface area contributed by atoms with Gasteiger partial charge in [-0.25, -0.2) is 0 Å². The molecule has 1 nitrogen and oxygen atoms in total. The van der Waals surface area contributed by atoms with Crippen molar-refractivity contribution in [2.45, 2.75) is 26.7 Å². The van der Waals surface area contributed by atoms with Crippen molar-refractivity contribution in [1.29, 1.82) is 5.26 Å². The molecule has 1 aliphatic rings. The number of nitrogens with zero attached hydrogens (tertiary/aromatic N) is 1. The maximum Gasteiger partial charge on any atom is 0.0947 e. The molecule has 0 spiro atoms. The van der Waals surface area contributed by atoms with Gasteiger partial charge in [0, 0.05) is 5.57 Å². The zero-order chi connectivity index (χ0) is 9.40. The highest BCUT2D eigenvalue weighted by Gasteiger charge is 2.03. The second-order valence-electron chi connectivity index (χ2n) is 2.14. The van der Waals surface area contributed by atoms with Crippen LogP contribution >= 0.6 is 11.8 Å². The minimum Gasteiger partial charge on any atom is -0.193 e. The molecule has 0 saturated carbocycles. The third kappa shape index (κ3) is 3.64. The highest BCUT2D eigenvalue weighted by atomic mass is 32.2. The van der Waals surface area contributed by atoms with Gasteiger partial charge in [-0.3, -0.25) is 0 Å². The van der Waals surface area contributed by atoms with Crippen molar-refractivity contribution < 1.29 is 0 Å². The summed E-state index contributed by atoms with van der Waals surface area (Å²) in [5, 5.41) is 8.50. The van der Waals surface area contributed by atoms with E-state index in [2.05, 4.69) is 12.3 Å². The van der Waals surface area contributed by atoms with Crippen LogP contribution in [0.3, 0.4) is 0 Å². The van der Waals surface area contributed by atoms with Gasteiger partial charge in [0.25, 0.3) is 0 Å². The number of hydrogen-bond donors (Lipinski definition) is 0. The van der Waals surface area contributed by atoms with Crippen LogP contribution in [0.15, 0.2) is 22.6 Å². The molecule has 66 valence electrons. The van der Waals surface area contributed by atoms with Gasteiger partial charge in [-0.15, -0.1) is 11.8 Å². The van der Waals surface area contributed by atoms with Gasteiger partial charge in [0.2, 0.25) is 0 Å². The molecule has 0 fully saturated rings. The van der Waals surface area contributed by atoms with Gasteiger partial charge in [0.15, 0.2) is 0 Å². The molecule has 0 aliphatic heterocycles. The van der Waals surface area contributed by atoms with Crippen LogP contribution in [0.1, 0.15) is 26.7 Å². The fourth-order valence-electron chi connectivity index (χ4n) is 0.881. The molecule has 1 rings (SSSR count). The van der Waals surface area contributed by atoms with Crippen LogP contribution in [0.5, 0.6) is 0 Å². The quantitative estimate of drug-likeness (QED) is 0.618. The summed E-state index contributed by atoms with van der Waals surface area (Å²) in [6.45, 7) is 4.00. The average molecular weight is 181 g/mol. The molecular weight excluding hydrogens is 166 g/mol. The van der Waals surface area contributed by atoms with Crippen LogP contribution < -0.4 is 0 Å². The Morgan fingerprint density at radius 2 is 2.00 bits per heavy atom. The van der Waals surface area contributed by atoms with Crippen LogP contribution in [0.2, 0.25) is 0 Å². The van der Waals surface area contributed by atoms with Gasteiger partial charge in [-0.1, -0.05) is 19.9 Å². The van der Waals surface area contributed by atoms with Crippen molar-refractivity contribution in [3.8, 4) is 6.07 Å². The lowest BCUT2D eigenvalue weighted by Crippen LogP contribution is -1.87. The molecule has 0 aromatic rings. The van der Waals surface area contributed by atoms with E-state index in [0.29, 0.717) is 0 Å². The van der Waals surface area contributed by atoms with Crippen LogP contribution in [0.4, 0.5) is 0 Å². The van der Waals surface area contributed by atoms with Gasteiger partial charge >= 0.3 is 0 Å². The van der Waals surface area contributed by atoms with E-state index in [1.54, 1.807) is 11.8 Å². The first-order valence-electron chi connectivity index (χ1n) is 4.20. The van der Waals surface area contributed by atoms with Crippen LogP contribution in [-0.4, -0.2) is 6.26 Å². The SMILES string of the molecule is CC.CSC1=CC=C(C#N)CC1. The summed E-state index contributed by atoms with van der Waals surface area (Å²) in [6, 6.07) is 2.16. The van der Waals surface area contributed by atoms with Crippen LogP contribution in [0.25, 0.3) is 0 Å². The second kappa shape index (κ2) is 7.00. The lowest BCUT2D eigenvalue weighted by molar-refractivity contribution is 0.981. The second-order valence-corrected chi connectivity index (χ2v) is 3.07. The zero-order valence-electron chi connectivity index (χ0n) is 7.92. The van der Waals surface area contributed by atoms with E-state index < -0.39 is 0 Å². The molecule has 0 bridgehead atoms.